The number of carbonyl (C=O) groups is 3. The highest BCUT2D eigenvalue weighted by Crippen LogP contribution is 2.31. The molecule has 0 saturated carbocycles. The molecular formula is C27H34N6O4. The number of piperazine rings is 1. The van der Waals surface area contributed by atoms with Gasteiger partial charge in [-0.1, -0.05) is 18.2 Å². The number of hydrazine groups is 1. The first-order valence-electron chi connectivity index (χ1n) is 12.9. The number of amides is 3. The number of fused-ring (bicyclic) bond motifs is 2. The van der Waals surface area contributed by atoms with Crippen LogP contribution in [0.4, 0.5) is 5.69 Å². The number of hydrogen-bond donors (Lipinski definition) is 4. The number of nitrogens with zero attached hydrogens (tertiary/aromatic N) is 2. The second-order valence-corrected chi connectivity index (χ2v) is 9.89. The van der Waals surface area contributed by atoms with Crippen LogP contribution in [-0.2, 0) is 22.4 Å². The van der Waals surface area contributed by atoms with Crippen LogP contribution in [0.1, 0.15) is 39.5 Å². The van der Waals surface area contributed by atoms with Gasteiger partial charge in [0.1, 0.15) is 11.8 Å². The third kappa shape index (κ3) is 6.10. The van der Waals surface area contributed by atoms with Crippen molar-refractivity contribution in [3.05, 3.63) is 58.7 Å². The summed E-state index contributed by atoms with van der Waals surface area (Å²) in [4.78, 5) is 42.4. The van der Waals surface area contributed by atoms with E-state index in [9.17, 15) is 14.4 Å². The van der Waals surface area contributed by atoms with Gasteiger partial charge >= 0.3 is 0 Å². The maximum Gasteiger partial charge on any atom is 0.251 e. The first kappa shape index (κ1) is 25.2. The minimum Gasteiger partial charge on any atom is -0.493 e. The summed E-state index contributed by atoms with van der Waals surface area (Å²) >= 11 is 0. The monoisotopic (exact) mass is 506 g/mol. The number of carbonyl (C=O) groups excluding carboxylic acids is 3. The number of rotatable bonds is 9. The molecular weight excluding hydrogens is 472 g/mol. The molecule has 5 rings (SSSR count). The van der Waals surface area contributed by atoms with Gasteiger partial charge in [-0.25, -0.2) is 5.43 Å². The number of hydrogen-bond acceptors (Lipinski definition) is 7. The fraction of sp³-hybridized carbons (Fsp3) is 0.444. The lowest BCUT2D eigenvalue weighted by Gasteiger charge is -2.32. The molecule has 0 radical (unpaired) electrons. The van der Waals surface area contributed by atoms with E-state index in [1.165, 1.54) is 0 Å². The molecule has 10 nitrogen and oxygen atoms in total. The molecule has 196 valence electrons. The Bertz CT molecular complexity index is 1180. The molecule has 1 fully saturated rings. The Morgan fingerprint density at radius 1 is 1.11 bits per heavy atom. The van der Waals surface area contributed by atoms with E-state index in [4.69, 9.17) is 4.74 Å². The van der Waals surface area contributed by atoms with Gasteiger partial charge in [-0.2, -0.15) is 0 Å². The van der Waals surface area contributed by atoms with Crippen molar-refractivity contribution in [3.8, 4) is 5.75 Å². The summed E-state index contributed by atoms with van der Waals surface area (Å²) in [5, 5.41) is 5.77. The lowest BCUT2D eigenvalue weighted by Crippen LogP contribution is -2.45. The van der Waals surface area contributed by atoms with E-state index in [2.05, 4.69) is 38.3 Å². The first-order valence-corrected chi connectivity index (χ1v) is 12.9. The molecule has 3 aliphatic rings. The van der Waals surface area contributed by atoms with Gasteiger partial charge < -0.3 is 25.2 Å². The molecule has 0 spiro atoms. The number of anilines is 1. The lowest BCUT2D eigenvalue weighted by molar-refractivity contribution is -0.122. The smallest absolute Gasteiger partial charge is 0.251 e. The molecule has 2 aromatic rings. The first-order chi connectivity index (χ1) is 18.0. The van der Waals surface area contributed by atoms with E-state index in [0.717, 1.165) is 62.4 Å². The van der Waals surface area contributed by atoms with Gasteiger partial charge in [0.05, 0.1) is 13.0 Å². The molecule has 0 aliphatic carbocycles. The summed E-state index contributed by atoms with van der Waals surface area (Å²) in [5.41, 5.74) is 9.23. The van der Waals surface area contributed by atoms with Gasteiger partial charge in [0.2, 0.25) is 11.8 Å². The van der Waals surface area contributed by atoms with Crippen LogP contribution in [-0.4, -0.2) is 80.4 Å². The highest BCUT2D eigenvalue weighted by atomic mass is 16.5. The lowest BCUT2D eigenvalue weighted by atomic mass is 10.1. The minimum absolute atomic E-state index is 0.167. The van der Waals surface area contributed by atoms with Gasteiger partial charge in [-0.3, -0.25) is 19.8 Å². The van der Waals surface area contributed by atoms with E-state index < -0.39 is 6.04 Å². The average Bonchev–Trinajstić information content (AvgIpc) is 3.48. The highest BCUT2D eigenvalue weighted by molar-refractivity contribution is 6.04. The zero-order chi connectivity index (χ0) is 25.8. The van der Waals surface area contributed by atoms with Crippen LogP contribution < -0.4 is 26.2 Å². The van der Waals surface area contributed by atoms with Crippen molar-refractivity contribution in [3.63, 3.8) is 0 Å². The third-order valence-corrected chi connectivity index (χ3v) is 7.15. The van der Waals surface area contributed by atoms with Crippen LogP contribution in [0.5, 0.6) is 5.75 Å². The topological polar surface area (TPSA) is 115 Å². The maximum atomic E-state index is 12.6. The Morgan fingerprint density at radius 2 is 1.95 bits per heavy atom. The van der Waals surface area contributed by atoms with Crippen molar-refractivity contribution in [2.75, 3.05) is 58.2 Å². The van der Waals surface area contributed by atoms with E-state index >= 15 is 0 Å². The Balaban J connectivity index is 1.09. The van der Waals surface area contributed by atoms with Gasteiger partial charge in [0.15, 0.2) is 0 Å². The van der Waals surface area contributed by atoms with Crippen molar-refractivity contribution >= 4 is 23.4 Å². The highest BCUT2D eigenvalue weighted by Gasteiger charge is 2.31. The summed E-state index contributed by atoms with van der Waals surface area (Å²) in [6.45, 7) is 6.52. The maximum absolute atomic E-state index is 12.6. The fourth-order valence-corrected chi connectivity index (χ4v) is 4.96. The molecule has 1 saturated heterocycles. The Hall–Kier alpha value is -3.47. The largest absolute Gasteiger partial charge is 0.493 e. The zero-order valence-corrected chi connectivity index (χ0v) is 21.1. The summed E-state index contributed by atoms with van der Waals surface area (Å²) in [6.07, 6.45) is 1.93. The van der Waals surface area contributed by atoms with Crippen molar-refractivity contribution in [2.24, 2.45) is 0 Å². The predicted octanol–water partition coefficient (Wildman–Crippen LogP) is 0.846. The SMILES string of the molecule is CN1CCN(CCCNC(=O)c2ccc3c(c2)NC(=O)C3NNC(=O)Cc2ccc3c(c2)CCO3)CC1. The van der Waals surface area contributed by atoms with Crippen LogP contribution in [0.3, 0.4) is 0 Å². The summed E-state index contributed by atoms with van der Waals surface area (Å²) in [5.74, 6) is 0.183. The fourth-order valence-electron chi connectivity index (χ4n) is 4.96. The Kier molecular flexibility index (Phi) is 7.68. The molecule has 0 bridgehead atoms. The molecule has 4 N–H and O–H groups in total. The van der Waals surface area contributed by atoms with Crippen molar-refractivity contribution in [2.45, 2.75) is 25.3 Å². The Labute approximate surface area is 216 Å². The van der Waals surface area contributed by atoms with Crippen LogP contribution >= 0.6 is 0 Å². The normalized spacial score (nSPS) is 19.1. The number of nitrogens with one attached hydrogen (secondary N) is 4. The molecule has 3 amide bonds. The van der Waals surface area contributed by atoms with Gasteiger partial charge in [-0.15, -0.1) is 0 Å². The van der Waals surface area contributed by atoms with E-state index in [1.807, 2.05) is 18.2 Å². The molecule has 3 heterocycles. The molecule has 2 aromatic carbocycles. The number of ether oxygens (including phenoxy) is 1. The minimum atomic E-state index is -0.729. The molecule has 37 heavy (non-hydrogen) atoms. The molecule has 1 atom stereocenters. The van der Waals surface area contributed by atoms with Crippen LogP contribution in [0.2, 0.25) is 0 Å². The molecule has 1 unspecified atom stereocenters. The quantitative estimate of drug-likeness (QED) is 0.294. The van der Waals surface area contributed by atoms with E-state index in [-0.39, 0.29) is 24.1 Å². The molecule has 0 aromatic heterocycles. The van der Waals surface area contributed by atoms with Crippen molar-refractivity contribution < 1.29 is 19.1 Å². The summed E-state index contributed by atoms with van der Waals surface area (Å²) in [6, 6.07) is 10.2. The second-order valence-electron chi connectivity index (χ2n) is 9.89. The summed E-state index contributed by atoms with van der Waals surface area (Å²) in [7, 11) is 2.14. The average molecular weight is 507 g/mol. The number of benzene rings is 2. The van der Waals surface area contributed by atoms with E-state index in [0.29, 0.717) is 30.0 Å². The van der Waals surface area contributed by atoms with Gasteiger partial charge in [0.25, 0.3) is 5.91 Å². The van der Waals surface area contributed by atoms with Crippen molar-refractivity contribution in [1.82, 2.24) is 26.0 Å². The Morgan fingerprint density at radius 3 is 2.78 bits per heavy atom. The zero-order valence-electron chi connectivity index (χ0n) is 21.1. The molecule has 10 heteroatoms. The second kappa shape index (κ2) is 11.3. The number of likely N-dealkylation sites (N-methyl/N-ethyl adjacent to an activating group) is 1. The van der Waals surface area contributed by atoms with Crippen molar-refractivity contribution in [1.29, 1.82) is 0 Å². The third-order valence-electron chi connectivity index (χ3n) is 7.15. The van der Waals surface area contributed by atoms with Gasteiger partial charge in [-0.05, 0) is 49.3 Å². The van der Waals surface area contributed by atoms with Crippen LogP contribution in [0.15, 0.2) is 36.4 Å². The van der Waals surface area contributed by atoms with Gasteiger partial charge in [0, 0.05) is 56.0 Å². The summed E-state index contributed by atoms with van der Waals surface area (Å²) < 4.78 is 5.51. The van der Waals surface area contributed by atoms with Crippen LogP contribution in [0, 0.1) is 0 Å². The van der Waals surface area contributed by atoms with E-state index in [1.54, 1.807) is 18.2 Å². The standard InChI is InChI=1S/C27H34N6O4/c1-32-10-12-33(13-11-32)9-2-8-28-26(35)20-4-5-21-22(17-20)29-27(36)25(21)31-30-24(34)16-18-3-6-23-19(15-18)7-14-37-23/h3-6,15,17,25,31H,2,7-14,16H2,1H3,(H,28,35)(H,29,36)(H,30,34). The van der Waals surface area contributed by atoms with Crippen LogP contribution in [0.25, 0.3) is 0 Å². The predicted molar refractivity (Wildman–Crippen MR) is 139 cm³/mol. The molecule has 3 aliphatic heterocycles.